The minimum absolute atomic E-state index is 0.0792. The summed E-state index contributed by atoms with van der Waals surface area (Å²) in [6, 6.07) is 0. The van der Waals surface area contributed by atoms with Crippen molar-refractivity contribution in [3.05, 3.63) is 45.1 Å². The molecular formula is C16H20N2O4. The first kappa shape index (κ1) is 18.1. The van der Waals surface area contributed by atoms with Gasteiger partial charge in [0.1, 0.15) is 0 Å². The molecule has 0 aliphatic carbocycles. The second kappa shape index (κ2) is 9.14. The Bertz CT molecular complexity index is 547. The number of hydrogen-bond acceptors (Lipinski definition) is 4. The molecule has 0 fully saturated rings. The quantitative estimate of drug-likeness (QED) is 0.572. The summed E-state index contributed by atoms with van der Waals surface area (Å²) in [4.78, 5) is 6.96. The molecule has 0 heterocycles. The average Bonchev–Trinajstić information content (AvgIpc) is 2.52. The summed E-state index contributed by atoms with van der Waals surface area (Å²) in [6.07, 6.45) is 0. The molecule has 118 valence electrons. The van der Waals surface area contributed by atoms with E-state index >= 15 is 0 Å². The van der Waals surface area contributed by atoms with E-state index in [1.54, 1.807) is 13.8 Å². The highest BCUT2D eigenvalue weighted by molar-refractivity contribution is 5.80. The molecule has 22 heavy (non-hydrogen) atoms. The molecule has 0 spiro atoms. The lowest BCUT2D eigenvalue weighted by molar-refractivity contribution is 0.0709. The molecule has 1 rings (SSSR count). The van der Waals surface area contributed by atoms with Crippen molar-refractivity contribution in [3.8, 4) is 0 Å². The lowest BCUT2D eigenvalue weighted by atomic mass is 9.94. The number of ether oxygens (including phenoxy) is 2. The Hall–Kier alpha value is -1.96. The summed E-state index contributed by atoms with van der Waals surface area (Å²) in [5.41, 5.74) is 3.69. The molecule has 0 aliphatic rings. The van der Waals surface area contributed by atoms with E-state index in [2.05, 4.69) is 9.69 Å². The van der Waals surface area contributed by atoms with E-state index in [9.17, 15) is 0 Å². The van der Waals surface area contributed by atoms with E-state index in [4.69, 9.17) is 32.8 Å². The van der Waals surface area contributed by atoms with Crippen LogP contribution >= 0.6 is 0 Å². The van der Waals surface area contributed by atoms with Gasteiger partial charge in [0.15, 0.2) is 11.4 Å². The van der Waals surface area contributed by atoms with Crippen molar-refractivity contribution in [1.29, 1.82) is 0 Å². The van der Waals surface area contributed by atoms with Gasteiger partial charge in [0.25, 0.3) is 0 Å². The van der Waals surface area contributed by atoms with Gasteiger partial charge in [-0.1, -0.05) is 25.0 Å². The van der Waals surface area contributed by atoms with Crippen molar-refractivity contribution in [2.75, 3.05) is 26.4 Å². The summed E-state index contributed by atoms with van der Waals surface area (Å²) >= 11 is 0. The highest BCUT2D eigenvalue weighted by atomic mass is 16.5. The zero-order chi connectivity index (χ0) is 16.5. The predicted octanol–water partition coefficient (Wildman–Crippen LogP) is 2.42. The van der Waals surface area contributed by atoms with Crippen LogP contribution in [0, 0.1) is 27.0 Å². The van der Waals surface area contributed by atoms with Crippen LogP contribution in [0.4, 0.5) is 11.4 Å². The standard InChI is InChI=1S/C16H20N2O4/c1-11-13(9-21-7-5-19)14(10-22-8-6-20)12(2)16(18-4)15(11)17-3/h19-20H,5-10H2,1-2H3. The van der Waals surface area contributed by atoms with Crippen LogP contribution in [0.3, 0.4) is 0 Å². The SMILES string of the molecule is [C-]#[N+]c1c(C)c(COCCO)c(COCCO)c(C)c1[N+]#[C-]. The first-order valence-corrected chi connectivity index (χ1v) is 6.89. The van der Waals surface area contributed by atoms with Gasteiger partial charge in [0.2, 0.25) is 0 Å². The Kier molecular flexibility index (Phi) is 7.51. The molecule has 0 unspecified atom stereocenters. The van der Waals surface area contributed by atoms with Crippen LogP contribution in [0.1, 0.15) is 22.3 Å². The van der Waals surface area contributed by atoms with E-state index in [0.717, 1.165) is 11.1 Å². The summed E-state index contributed by atoms with van der Waals surface area (Å²) in [6.45, 7) is 18.9. The van der Waals surface area contributed by atoms with Crippen LogP contribution in [-0.4, -0.2) is 36.6 Å². The van der Waals surface area contributed by atoms with Crippen molar-refractivity contribution >= 4 is 11.4 Å². The summed E-state index contributed by atoms with van der Waals surface area (Å²) in [7, 11) is 0. The van der Waals surface area contributed by atoms with Crippen LogP contribution in [0.5, 0.6) is 0 Å². The maximum Gasteiger partial charge on any atom is 0.198 e. The number of rotatable bonds is 8. The molecular weight excluding hydrogens is 284 g/mol. The molecule has 1 aromatic rings. The Morgan fingerprint density at radius 1 is 0.818 bits per heavy atom. The number of aliphatic hydroxyl groups is 2. The number of hydrogen-bond donors (Lipinski definition) is 2. The first-order valence-electron chi connectivity index (χ1n) is 6.89. The second-order valence-electron chi connectivity index (χ2n) is 4.68. The maximum atomic E-state index is 8.83. The Morgan fingerprint density at radius 3 is 1.45 bits per heavy atom. The Labute approximate surface area is 130 Å². The fraction of sp³-hybridized carbons (Fsp3) is 0.500. The van der Waals surface area contributed by atoms with Gasteiger partial charge >= 0.3 is 0 Å². The second-order valence-corrected chi connectivity index (χ2v) is 4.68. The van der Waals surface area contributed by atoms with E-state index in [1.165, 1.54) is 0 Å². The van der Waals surface area contributed by atoms with Crippen LogP contribution in [-0.2, 0) is 22.7 Å². The van der Waals surface area contributed by atoms with Crippen molar-refractivity contribution < 1.29 is 19.7 Å². The van der Waals surface area contributed by atoms with Gasteiger partial charge in [-0.3, -0.25) is 0 Å². The third-order valence-electron chi connectivity index (χ3n) is 3.39. The highest BCUT2D eigenvalue weighted by Gasteiger charge is 2.19. The van der Waals surface area contributed by atoms with Crippen molar-refractivity contribution in [2.24, 2.45) is 0 Å². The van der Waals surface area contributed by atoms with Crippen LogP contribution in [0.25, 0.3) is 9.69 Å². The van der Waals surface area contributed by atoms with Crippen LogP contribution in [0.2, 0.25) is 0 Å². The summed E-state index contributed by atoms with van der Waals surface area (Å²) < 4.78 is 10.8. The molecule has 2 N–H and O–H groups in total. The molecule has 1 aromatic carbocycles. The van der Waals surface area contributed by atoms with Gasteiger partial charge in [0.05, 0.1) is 52.8 Å². The largest absolute Gasteiger partial charge is 0.394 e. The predicted molar refractivity (Wildman–Crippen MR) is 81.9 cm³/mol. The molecule has 6 nitrogen and oxygen atoms in total. The van der Waals surface area contributed by atoms with E-state index < -0.39 is 0 Å². The highest BCUT2D eigenvalue weighted by Crippen LogP contribution is 2.40. The fourth-order valence-corrected chi connectivity index (χ4v) is 2.24. The zero-order valence-electron chi connectivity index (χ0n) is 12.8. The average molecular weight is 304 g/mol. The van der Waals surface area contributed by atoms with Crippen molar-refractivity contribution in [1.82, 2.24) is 0 Å². The molecule has 0 radical (unpaired) electrons. The Balaban J connectivity index is 3.32. The third-order valence-corrected chi connectivity index (χ3v) is 3.39. The summed E-state index contributed by atoms with van der Waals surface area (Å²) in [5, 5.41) is 17.7. The topological polar surface area (TPSA) is 67.6 Å². The number of nitrogens with zero attached hydrogens (tertiary/aromatic N) is 2. The molecule has 0 saturated carbocycles. The smallest absolute Gasteiger partial charge is 0.198 e. The molecule has 0 bridgehead atoms. The lowest BCUT2D eigenvalue weighted by Crippen LogP contribution is -2.08. The molecule has 0 amide bonds. The van der Waals surface area contributed by atoms with Gasteiger partial charge in [-0.15, -0.1) is 0 Å². The van der Waals surface area contributed by atoms with E-state index in [0.29, 0.717) is 22.5 Å². The third kappa shape index (κ3) is 4.03. The van der Waals surface area contributed by atoms with E-state index in [1.807, 2.05) is 0 Å². The normalized spacial score (nSPS) is 10.3. The first-order chi connectivity index (χ1) is 10.6. The monoisotopic (exact) mass is 304 g/mol. The van der Waals surface area contributed by atoms with Gasteiger partial charge in [-0.2, -0.15) is 0 Å². The van der Waals surface area contributed by atoms with Crippen molar-refractivity contribution in [3.63, 3.8) is 0 Å². The molecule has 6 heteroatoms. The lowest BCUT2D eigenvalue weighted by Gasteiger charge is -2.19. The van der Waals surface area contributed by atoms with Gasteiger partial charge < -0.3 is 19.7 Å². The van der Waals surface area contributed by atoms with Crippen LogP contribution < -0.4 is 0 Å². The minimum Gasteiger partial charge on any atom is -0.394 e. The maximum absolute atomic E-state index is 8.83. The minimum atomic E-state index is -0.0792. The molecule has 0 saturated heterocycles. The number of benzene rings is 1. The van der Waals surface area contributed by atoms with Crippen molar-refractivity contribution in [2.45, 2.75) is 27.1 Å². The molecule has 0 aromatic heterocycles. The molecule has 0 aliphatic heterocycles. The van der Waals surface area contributed by atoms with Gasteiger partial charge in [-0.05, 0) is 11.1 Å². The van der Waals surface area contributed by atoms with E-state index in [-0.39, 0.29) is 39.6 Å². The van der Waals surface area contributed by atoms with Crippen LogP contribution in [0.15, 0.2) is 0 Å². The zero-order valence-corrected chi connectivity index (χ0v) is 12.8. The number of aliphatic hydroxyl groups excluding tert-OH is 2. The fourth-order valence-electron chi connectivity index (χ4n) is 2.24. The molecule has 0 atom stereocenters. The van der Waals surface area contributed by atoms with Gasteiger partial charge in [-0.25, -0.2) is 9.69 Å². The summed E-state index contributed by atoms with van der Waals surface area (Å²) in [5.74, 6) is 0. The Morgan fingerprint density at radius 2 is 1.18 bits per heavy atom. The van der Waals surface area contributed by atoms with Gasteiger partial charge in [0, 0.05) is 0 Å².